The summed E-state index contributed by atoms with van der Waals surface area (Å²) in [5.74, 6) is 0.246. The maximum Gasteiger partial charge on any atom is 0.327 e. The first-order chi connectivity index (χ1) is 9.52. The Labute approximate surface area is 128 Å². The van der Waals surface area contributed by atoms with Crippen LogP contribution in [-0.2, 0) is 28.9 Å². The molecule has 0 bridgehead atoms. The second-order valence-electron chi connectivity index (χ2n) is 3.95. The number of nitrogens with zero attached hydrogens (tertiary/aromatic N) is 6. The van der Waals surface area contributed by atoms with Crippen molar-refractivity contribution >= 4 is 33.7 Å². The van der Waals surface area contributed by atoms with Crippen molar-refractivity contribution < 1.29 is 9.53 Å². The van der Waals surface area contributed by atoms with E-state index in [1.165, 1.54) is 23.6 Å². The van der Waals surface area contributed by atoms with Crippen molar-refractivity contribution in [2.45, 2.75) is 24.4 Å². The lowest BCUT2D eigenvalue weighted by Crippen LogP contribution is -2.13. The fourth-order valence-electron chi connectivity index (χ4n) is 1.56. The summed E-state index contributed by atoms with van der Waals surface area (Å²) in [6.07, 6.45) is 0. The van der Waals surface area contributed by atoms with Crippen molar-refractivity contribution in [3.63, 3.8) is 0 Å². The number of rotatable bonds is 5. The number of carbonyl (C=O) groups is 1. The minimum Gasteiger partial charge on any atom is -0.468 e. The van der Waals surface area contributed by atoms with Gasteiger partial charge >= 0.3 is 5.97 Å². The molecule has 0 saturated carbocycles. The van der Waals surface area contributed by atoms with Gasteiger partial charge in [0.15, 0.2) is 0 Å². The molecule has 2 rings (SSSR count). The predicted octanol–water partition coefficient (Wildman–Crippen LogP) is 0.943. The van der Waals surface area contributed by atoms with Crippen LogP contribution >= 0.6 is 27.7 Å². The van der Waals surface area contributed by atoms with E-state index < -0.39 is 5.97 Å². The van der Waals surface area contributed by atoms with Crippen LogP contribution in [0, 0.1) is 6.92 Å². The summed E-state index contributed by atoms with van der Waals surface area (Å²) >= 11 is 4.94. The van der Waals surface area contributed by atoms with Gasteiger partial charge in [0, 0.05) is 12.8 Å². The minimum absolute atomic E-state index is 0.00256. The predicted molar refractivity (Wildman–Crippen MR) is 75.0 cm³/mol. The largest absolute Gasteiger partial charge is 0.468 e. The number of hydrogen-bond donors (Lipinski definition) is 0. The number of ether oxygens (including phenoxy) is 1. The van der Waals surface area contributed by atoms with Crippen molar-refractivity contribution in [2.75, 3.05) is 7.11 Å². The van der Waals surface area contributed by atoms with Crippen molar-refractivity contribution in [1.29, 1.82) is 0 Å². The molecule has 0 atom stereocenters. The molecule has 0 fully saturated rings. The Balaban J connectivity index is 2.08. The highest BCUT2D eigenvalue weighted by molar-refractivity contribution is 9.10. The number of carbonyl (C=O) groups excluding carboxylic acids is 1. The third-order valence-corrected chi connectivity index (χ3v) is 4.61. The molecule has 108 valence electrons. The maximum atomic E-state index is 11.2. The first-order valence-corrected chi connectivity index (χ1v) is 7.44. The van der Waals surface area contributed by atoms with Gasteiger partial charge in [-0.25, -0.2) is 4.68 Å². The number of thioether (sulfide) groups is 1. The average Bonchev–Trinajstić information content (AvgIpc) is 2.94. The highest BCUT2D eigenvalue weighted by atomic mass is 79.9. The van der Waals surface area contributed by atoms with E-state index in [-0.39, 0.29) is 6.54 Å². The van der Waals surface area contributed by atoms with Crippen molar-refractivity contribution in [3.8, 4) is 0 Å². The standard InChI is InChI=1S/C10H13BrN6O2S/c1-6-9(11)7(16(2)13-6)5-20-10-12-14-15-17(10)4-8(18)19-3/h4-5H2,1-3H3. The van der Waals surface area contributed by atoms with Gasteiger partial charge in [-0.05, 0) is 33.3 Å². The van der Waals surface area contributed by atoms with Gasteiger partial charge in [0.25, 0.3) is 0 Å². The van der Waals surface area contributed by atoms with Gasteiger partial charge < -0.3 is 4.74 Å². The Bertz CT molecular complexity index is 625. The monoisotopic (exact) mass is 360 g/mol. The average molecular weight is 361 g/mol. The van der Waals surface area contributed by atoms with Crippen molar-refractivity contribution in [1.82, 2.24) is 30.0 Å². The summed E-state index contributed by atoms with van der Waals surface area (Å²) < 4.78 is 8.79. The number of aryl methyl sites for hydroxylation is 2. The summed E-state index contributed by atoms with van der Waals surface area (Å²) in [6, 6.07) is 0. The molecule has 2 aromatic heterocycles. The number of esters is 1. The molecule has 0 aromatic carbocycles. The second kappa shape index (κ2) is 6.35. The molecular weight excluding hydrogens is 348 g/mol. The summed E-state index contributed by atoms with van der Waals surface area (Å²) in [7, 11) is 3.21. The molecule has 0 spiro atoms. The number of halogens is 1. The van der Waals surface area contributed by atoms with E-state index in [0.29, 0.717) is 10.9 Å². The zero-order valence-electron chi connectivity index (χ0n) is 11.2. The molecular formula is C10H13BrN6O2S. The molecule has 2 aromatic rings. The lowest BCUT2D eigenvalue weighted by Gasteiger charge is -2.04. The molecule has 0 aliphatic carbocycles. The molecule has 20 heavy (non-hydrogen) atoms. The van der Waals surface area contributed by atoms with Crippen molar-refractivity contribution in [3.05, 3.63) is 15.9 Å². The van der Waals surface area contributed by atoms with E-state index in [9.17, 15) is 4.79 Å². The topological polar surface area (TPSA) is 87.7 Å². The van der Waals surface area contributed by atoms with E-state index in [1.807, 2.05) is 14.0 Å². The van der Waals surface area contributed by atoms with Crippen LogP contribution in [0.4, 0.5) is 0 Å². The van der Waals surface area contributed by atoms with Gasteiger partial charge in [0.05, 0.1) is 23.0 Å². The fourth-order valence-corrected chi connectivity index (χ4v) is 3.16. The van der Waals surface area contributed by atoms with Crippen molar-refractivity contribution in [2.24, 2.45) is 7.05 Å². The summed E-state index contributed by atoms with van der Waals surface area (Å²) in [5, 5.41) is 16.1. The van der Waals surface area contributed by atoms with Gasteiger partial charge in [-0.3, -0.25) is 9.48 Å². The SMILES string of the molecule is COC(=O)Cn1nnnc1SCc1c(Br)c(C)nn1C. The fraction of sp³-hybridized carbons (Fsp3) is 0.500. The van der Waals surface area contributed by atoms with Crippen LogP contribution in [0.2, 0.25) is 0 Å². The first-order valence-electron chi connectivity index (χ1n) is 5.66. The zero-order valence-corrected chi connectivity index (χ0v) is 13.6. The van der Waals surface area contributed by atoms with E-state index in [2.05, 4.69) is 41.3 Å². The summed E-state index contributed by atoms with van der Waals surface area (Å²) in [5.41, 5.74) is 1.96. The van der Waals surface area contributed by atoms with Crippen LogP contribution in [0.1, 0.15) is 11.4 Å². The molecule has 0 amide bonds. The van der Waals surface area contributed by atoms with E-state index >= 15 is 0 Å². The Morgan fingerprint density at radius 1 is 1.50 bits per heavy atom. The smallest absolute Gasteiger partial charge is 0.327 e. The van der Waals surface area contributed by atoms with Gasteiger partial charge in [-0.2, -0.15) is 5.10 Å². The third kappa shape index (κ3) is 3.18. The molecule has 0 aliphatic rings. The third-order valence-electron chi connectivity index (χ3n) is 2.61. The Hall–Kier alpha value is -1.42. The Morgan fingerprint density at radius 2 is 2.25 bits per heavy atom. The maximum absolute atomic E-state index is 11.2. The second-order valence-corrected chi connectivity index (χ2v) is 5.69. The van der Waals surface area contributed by atoms with E-state index in [1.54, 1.807) is 4.68 Å². The molecule has 0 aliphatic heterocycles. The molecule has 0 radical (unpaired) electrons. The number of methoxy groups -OCH3 is 1. The molecule has 10 heteroatoms. The number of aromatic nitrogens is 6. The number of tetrazole rings is 1. The van der Waals surface area contributed by atoms with Gasteiger partial charge in [-0.1, -0.05) is 11.8 Å². The van der Waals surface area contributed by atoms with Crippen LogP contribution in [0.25, 0.3) is 0 Å². The molecule has 0 unspecified atom stereocenters. The summed E-state index contributed by atoms with van der Waals surface area (Å²) in [4.78, 5) is 11.2. The van der Waals surface area contributed by atoms with Crippen LogP contribution in [-0.4, -0.2) is 43.1 Å². The Morgan fingerprint density at radius 3 is 2.85 bits per heavy atom. The first kappa shape index (κ1) is 15.0. The van der Waals surface area contributed by atoms with Crippen LogP contribution in [0.15, 0.2) is 9.63 Å². The number of hydrogen-bond acceptors (Lipinski definition) is 7. The highest BCUT2D eigenvalue weighted by Gasteiger charge is 2.15. The summed E-state index contributed by atoms with van der Waals surface area (Å²) in [6.45, 7) is 1.93. The molecule has 0 N–H and O–H groups in total. The minimum atomic E-state index is -0.392. The lowest BCUT2D eigenvalue weighted by molar-refractivity contribution is -0.141. The van der Waals surface area contributed by atoms with E-state index in [4.69, 9.17) is 0 Å². The molecule has 8 nitrogen and oxygen atoms in total. The highest BCUT2D eigenvalue weighted by Crippen LogP contribution is 2.27. The van der Waals surface area contributed by atoms with Gasteiger partial charge in [-0.15, -0.1) is 5.10 Å². The Kier molecular flexibility index (Phi) is 4.76. The normalized spacial score (nSPS) is 10.8. The zero-order chi connectivity index (χ0) is 14.7. The quantitative estimate of drug-likeness (QED) is 0.579. The van der Waals surface area contributed by atoms with Crippen LogP contribution in [0.3, 0.4) is 0 Å². The van der Waals surface area contributed by atoms with E-state index in [0.717, 1.165) is 15.9 Å². The molecule has 2 heterocycles. The van der Waals surface area contributed by atoms with Crippen LogP contribution < -0.4 is 0 Å². The van der Waals surface area contributed by atoms with Crippen LogP contribution in [0.5, 0.6) is 0 Å². The van der Waals surface area contributed by atoms with Gasteiger partial charge in [0.1, 0.15) is 6.54 Å². The van der Waals surface area contributed by atoms with Gasteiger partial charge in [0.2, 0.25) is 5.16 Å². The lowest BCUT2D eigenvalue weighted by atomic mass is 10.4. The molecule has 0 saturated heterocycles.